The fraction of sp³-hybridized carbons (Fsp3) is 0.136. The fourth-order valence-electron chi connectivity index (χ4n) is 3.93. The third-order valence-electron chi connectivity index (χ3n) is 5.21. The summed E-state index contributed by atoms with van der Waals surface area (Å²) in [5.41, 5.74) is 4.49. The Labute approximate surface area is 171 Å². The maximum atomic E-state index is 6.60. The molecule has 0 fully saturated rings. The Hall–Kier alpha value is -2.30. The number of benzene rings is 3. The van der Waals surface area contributed by atoms with Crippen molar-refractivity contribution in [3.8, 4) is 0 Å². The lowest BCUT2D eigenvalue weighted by Gasteiger charge is -2.34. The van der Waals surface area contributed by atoms with Gasteiger partial charge in [0.1, 0.15) is 0 Å². The second kappa shape index (κ2) is 6.70. The molecule has 2 atom stereocenters. The first-order chi connectivity index (χ1) is 13.2. The third kappa shape index (κ3) is 2.93. The van der Waals surface area contributed by atoms with Gasteiger partial charge in [0.05, 0.1) is 23.1 Å². The molecule has 3 nitrogen and oxygen atoms in total. The van der Waals surface area contributed by atoms with Crippen LogP contribution in [0.3, 0.4) is 0 Å². The molecule has 1 N–H and O–H groups in total. The van der Waals surface area contributed by atoms with E-state index in [4.69, 9.17) is 16.6 Å². The van der Waals surface area contributed by atoms with Gasteiger partial charge < -0.3 is 9.88 Å². The lowest BCUT2D eigenvalue weighted by Crippen LogP contribution is -2.27. The maximum Gasteiger partial charge on any atom is 0.204 e. The average molecular weight is 439 g/mol. The first kappa shape index (κ1) is 16.8. The van der Waals surface area contributed by atoms with Crippen LogP contribution < -0.4 is 5.32 Å². The van der Waals surface area contributed by atoms with Gasteiger partial charge in [0.25, 0.3) is 0 Å². The summed E-state index contributed by atoms with van der Waals surface area (Å²) >= 11 is 10.1. The molecule has 5 heteroatoms. The van der Waals surface area contributed by atoms with Crippen LogP contribution in [0.1, 0.15) is 29.6 Å². The molecule has 0 saturated heterocycles. The molecular formula is C22H17BrClN3. The van der Waals surface area contributed by atoms with Crippen molar-refractivity contribution >= 4 is 44.5 Å². The Morgan fingerprint density at radius 3 is 2.52 bits per heavy atom. The van der Waals surface area contributed by atoms with E-state index in [1.807, 2.05) is 18.2 Å². The van der Waals surface area contributed by atoms with Crippen LogP contribution in [-0.2, 0) is 0 Å². The van der Waals surface area contributed by atoms with Crippen LogP contribution in [0.15, 0.2) is 77.3 Å². The Balaban J connectivity index is 1.68. The van der Waals surface area contributed by atoms with E-state index in [0.29, 0.717) is 0 Å². The number of halogens is 2. The van der Waals surface area contributed by atoms with Crippen molar-refractivity contribution in [3.05, 3.63) is 93.4 Å². The molecule has 0 unspecified atom stereocenters. The summed E-state index contributed by atoms with van der Waals surface area (Å²) in [4.78, 5) is 4.85. The quantitative estimate of drug-likeness (QED) is 0.382. The van der Waals surface area contributed by atoms with E-state index in [0.717, 1.165) is 38.5 Å². The molecule has 0 bridgehead atoms. The first-order valence-electron chi connectivity index (χ1n) is 8.94. The minimum absolute atomic E-state index is 0.121. The van der Waals surface area contributed by atoms with Crippen LogP contribution in [0.2, 0.25) is 5.02 Å². The molecule has 134 valence electrons. The monoisotopic (exact) mass is 437 g/mol. The number of anilines is 1. The highest BCUT2D eigenvalue weighted by Crippen LogP contribution is 2.42. The van der Waals surface area contributed by atoms with E-state index < -0.39 is 0 Å². The summed E-state index contributed by atoms with van der Waals surface area (Å²) in [5, 5.41) is 4.43. The van der Waals surface area contributed by atoms with E-state index in [2.05, 4.69) is 80.4 Å². The summed E-state index contributed by atoms with van der Waals surface area (Å²) in [6, 6.07) is 25.1. The molecule has 0 aliphatic carbocycles. The maximum absolute atomic E-state index is 6.60. The molecule has 3 aromatic carbocycles. The molecule has 5 rings (SSSR count). The molecular weight excluding hydrogens is 422 g/mol. The van der Waals surface area contributed by atoms with Crippen LogP contribution in [0.4, 0.5) is 5.95 Å². The highest BCUT2D eigenvalue weighted by molar-refractivity contribution is 9.10. The fourth-order valence-corrected chi connectivity index (χ4v) is 4.46. The zero-order chi connectivity index (χ0) is 18.4. The van der Waals surface area contributed by atoms with Crippen LogP contribution in [0.5, 0.6) is 0 Å². The van der Waals surface area contributed by atoms with Crippen LogP contribution in [-0.4, -0.2) is 9.55 Å². The summed E-state index contributed by atoms with van der Waals surface area (Å²) in [6.07, 6.45) is 0.902. The smallest absolute Gasteiger partial charge is 0.204 e. The lowest BCUT2D eigenvalue weighted by molar-refractivity contribution is 0.477. The van der Waals surface area contributed by atoms with Gasteiger partial charge in [-0.25, -0.2) is 4.98 Å². The van der Waals surface area contributed by atoms with E-state index in [9.17, 15) is 0 Å². The minimum atomic E-state index is 0.121. The van der Waals surface area contributed by atoms with E-state index in [1.54, 1.807) is 0 Å². The van der Waals surface area contributed by atoms with Gasteiger partial charge in [-0.1, -0.05) is 70.0 Å². The Morgan fingerprint density at radius 2 is 1.70 bits per heavy atom. The number of nitrogens with one attached hydrogen (secondary N) is 1. The number of hydrogen-bond acceptors (Lipinski definition) is 2. The predicted molar refractivity (Wildman–Crippen MR) is 114 cm³/mol. The molecule has 2 heterocycles. The Bertz CT molecular complexity index is 1120. The van der Waals surface area contributed by atoms with Gasteiger partial charge >= 0.3 is 0 Å². The minimum Gasteiger partial charge on any atom is -0.349 e. The molecule has 0 radical (unpaired) electrons. The van der Waals surface area contributed by atoms with E-state index in [1.165, 1.54) is 5.56 Å². The number of hydrogen-bond donors (Lipinski definition) is 1. The number of aromatic nitrogens is 2. The van der Waals surface area contributed by atoms with E-state index >= 15 is 0 Å². The lowest BCUT2D eigenvalue weighted by atomic mass is 9.93. The molecule has 0 amide bonds. The molecule has 1 aromatic heterocycles. The normalized spacial score (nSPS) is 18.9. The van der Waals surface area contributed by atoms with Crippen molar-refractivity contribution in [2.45, 2.75) is 18.5 Å². The number of fused-ring (bicyclic) bond motifs is 3. The van der Waals surface area contributed by atoms with Gasteiger partial charge in [0.2, 0.25) is 5.95 Å². The highest BCUT2D eigenvalue weighted by atomic mass is 79.9. The van der Waals surface area contributed by atoms with E-state index in [-0.39, 0.29) is 12.1 Å². The molecule has 1 aliphatic heterocycles. The molecule has 27 heavy (non-hydrogen) atoms. The summed E-state index contributed by atoms with van der Waals surface area (Å²) in [5.74, 6) is 0.889. The summed E-state index contributed by atoms with van der Waals surface area (Å²) < 4.78 is 3.36. The highest BCUT2D eigenvalue weighted by Gasteiger charge is 2.31. The number of nitrogens with zero attached hydrogens (tertiary/aromatic N) is 2. The number of rotatable bonds is 2. The van der Waals surface area contributed by atoms with Crippen molar-refractivity contribution < 1.29 is 0 Å². The molecule has 0 spiro atoms. The number of para-hydroxylation sites is 2. The van der Waals surface area contributed by atoms with Gasteiger partial charge in [0, 0.05) is 9.50 Å². The van der Waals surface area contributed by atoms with Crippen molar-refractivity contribution in [1.29, 1.82) is 0 Å². The van der Waals surface area contributed by atoms with Gasteiger partial charge in [-0.2, -0.15) is 0 Å². The topological polar surface area (TPSA) is 29.9 Å². The zero-order valence-corrected chi connectivity index (χ0v) is 16.8. The van der Waals surface area contributed by atoms with Crippen molar-refractivity contribution in [3.63, 3.8) is 0 Å². The summed E-state index contributed by atoms with van der Waals surface area (Å²) in [7, 11) is 0. The first-order valence-corrected chi connectivity index (χ1v) is 10.1. The zero-order valence-electron chi connectivity index (χ0n) is 14.4. The second-order valence-electron chi connectivity index (χ2n) is 6.82. The third-order valence-corrected chi connectivity index (χ3v) is 6.08. The molecule has 4 aromatic rings. The Kier molecular flexibility index (Phi) is 4.18. The molecule has 0 saturated carbocycles. The van der Waals surface area contributed by atoms with Crippen LogP contribution in [0.25, 0.3) is 11.0 Å². The second-order valence-corrected chi connectivity index (χ2v) is 8.14. The standard InChI is InChI=1S/C22H17BrClN3/c23-15-11-9-14(10-12-15)19-13-21(16-5-1-2-6-17(16)24)27-20-8-4-3-7-18(20)25-22(27)26-19/h1-12,19,21H,13H2,(H,25,26)/t19-,21+/m1/s1. The largest absolute Gasteiger partial charge is 0.349 e. The van der Waals surface area contributed by atoms with Crippen molar-refractivity contribution in [1.82, 2.24) is 9.55 Å². The summed E-state index contributed by atoms with van der Waals surface area (Å²) in [6.45, 7) is 0. The Morgan fingerprint density at radius 1 is 0.963 bits per heavy atom. The van der Waals surface area contributed by atoms with Gasteiger partial charge in [0.15, 0.2) is 0 Å². The number of imidazole rings is 1. The van der Waals surface area contributed by atoms with Crippen molar-refractivity contribution in [2.24, 2.45) is 0 Å². The predicted octanol–water partition coefficient (Wildman–Crippen LogP) is 6.60. The van der Waals surface area contributed by atoms with Gasteiger partial charge in [-0.15, -0.1) is 0 Å². The SMILES string of the molecule is Clc1ccccc1[C@@H]1C[C@H](c2ccc(Br)cc2)Nc2nc3ccccc3n21. The van der Waals surface area contributed by atoms with Crippen molar-refractivity contribution in [2.75, 3.05) is 5.32 Å². The van der Waals surface area contributed by atoms with Crippen LogP contribution >= 0.6 is 27.5 Å². The molecule has 1 aliphatic rings. The van der Waals surface area contributed by atoms with Gasteiger partial charge in [-0.3, -0.25) is 0 Å². The van der Waals surface area contributed by atoms with Crippen LogP contribution in [0, 0.1) is 0 Å². The van der Waals surface area contributed by atoms with Gasteiger partial charge in [-0.05, 0) is 47.9 Å². The average Bonchev–Trinajstić information content (AvgIpc) is 3.07.